The third-order valence-electron chi connectivity index (χ3n) is 2.35. The number of rotatable bonds is 4. The number of aromatic nitrogens is 1. The normalized spacial score (nSPS) is 10.0. The maximum atomic E-state index is 13.4. The van der Waals surface area contributed by atoms with Gasteiger partial charge in [0.05, 0.1) is 23.0 Å². The van der Waals surface area contributed by atoms with Crippen molar-refractivity contribution in [1.82, 2.24) is 4.98 Å². The van der Waals surface area contributed by atoms with E-state index in [1.54, 1.807) is 19.3 Å². The van der Waals surface area contributed by atoms with E-state index >= 15 is 0 Å². The van der Waals surface area contributed by atoms with Gasteiger partial charge in [-0.1, -0.05) is 0 Å². The van der Waals surface area contributed by atoms with Gasteiger partial charge in [-0.05, 0) is 6.07 Å². The first-order valence-corrected chi connectivity index (χ1v) is 5.35. The van der Waals surface area contributed by atoms with E-state index in [9.17, 15) is 14.5 Å². The minimum atomic E-state index is -0.944. The summed E-state index contributed by atoms with van der Waals surface area (Å²) in [4.78, 5) is 13.6. The van der Waals surface area contributed by atoms with Gasteiger partial charge in [-0.15, -0.1) is 0 Å². The van der Waals surface area contributed by atoms with Crippen LogP contribution in [0.15, 0.2) is 36.7 Å². The third-order valence-corrected chi connectivity index (χ3v) is 2.35. The van der Waals surface area contributed by atoms with Crippen LogP contribution in [-0.2, 0) is 0 Å². The lowest BCUT2D eigenvalue weighted by atomic mass is 10.3. The van der Waals surface area contributed by atoms with Crippen LogP contribution in [0.25, 0.3) is 0 Å². The zero-order chi connectivity index (χ0) is 13.8. The minimum absolute atomic E-state index is 0.165. The average Bonchev–Trinajstić information content (AvgIpc) is 2.38. The highest BCUT2D eigenvalue weighted by Crippen LogP contribution is 2.27. The molecule has 0 unspecified atom stereocenters. The third kappa shape index (κ3) is 2.95. The Bertz CT molecular complexity index is 619. The van der Waals surface area contributed by atoms with Gasteiger partial charge in [0.15, 0.2) is 0 Å². The highest BCUT2D eigenvalue weighted by molar-refractivity contribution is 5.46. The lowest BCUT2D eigenvalue weighted by Gasteiger charge is -2.07. The van der Waals surface area contributed by atoms with Gasteiger partial charge in [0.25, 0.3) is 0 Å². The van der Waals surface area contributed by atoms with Crippen LogP contribution in [0.3, 0.4) is 0 Å². The van der Waals surface area contributed by atoms with E-state index in [2.05, 4.69) is 10.3 Å². The summed E-state index contributed by atoms with van der Waals surface area (Å²) in [6, 6.07) is 5.02. The van der Waals surface area contributed by atoms with E-state index in [0.717, 1.165) is 17.8 Å². The monoisotopic (exact) mass is 263 g/mol. The summed E-state index contributed by atoms with van der Waals surface area (Å²) in [5.74, 6) is -0.376. The lowest BCUT2D eigenvalue weighted by Crippen LogP contribution is -1.94. The van der Waals surface area contributed by atoms with E-state index in [-0.39, 0.29) is 5.75 Å². The molecular formula is C12H10FN3O3. The number of ether oxygens (including phenoxy) is 1. The topological polar surface area (TPSA) is 77.3 Å². The van der Waals surface area contributed by atoms with Crippen LogP contribution >= 0.6 is 0 Å². The molecule has 0 atom stereocenters. The fourth-order valence-electron chi connectivity index (χ4n) is 1.45. The van der Waals surface area contributed by atoms with Crippen molar-refractivity contribution in [3.63, 3.8) is 0 Å². The number of halogens is 1. The van der Waals surface area contributed by atoms with Crippen molar-refractivity contribution in [2.24, 2.45) is 0 Å². The molecule has 0 saturated carbocycles. The van der Waals surface area contributed by atoms with E-state index in [0.29, 0.717) is 5.75 Å². The molecular weight excluding hydrogens is 253 g/mol. The molecule has 0 aliphatic carbocycles. The molecule has 7 heteroatoms. The smallest absolute Gasteiger partial charge is 0.305 e. The second-order valence-electron chi connectivity index (χ2n) is 3.63. The first-order chi connectivity index (χ1) is 9.10. The number of hydrogen-bond donors (Lipinski definition) is 1. The Balaban J connectivity index is 2.23. The fraction of sp³-hybridized carbons (Fsp3) is 0.0833. The van der Waals surface area contributed by atoms with Gasteiger partial charge < -0.3 is 10.1 Å². The first kappa shape index (κ1) is 12.7. The first-order valence-electron chi connectivity index (χ1n) is 5.35. The molecule has 0 aliphatic heterocycles. The van der Waals surface area contributed by atoms with Crippen LogP contribution in [0.1, 0.15) is 0 Å². The van der Waals surface area contributed by atoms with E-state index < -0.39 is 16.4 Å². The summed E-state index contributed by atoms with van der Waals surface area (Å²) in [5, 5.41) is 13.4. The predicted octanol–water partition coefficient (Wildman–Crippen LogP) is 2.96. The summed E-state index contributed by atoms with van der Waals surface area (Å²) in [5.41, 5.74) is 0.148. The molecule has 2 rings (SSSR count). The number of hydrogen-bond acceptors (Lipinski definition) is 5. The molecule has 0 saturated heterocycles. The van der Waals surface area contributed by atoms with E-state index in [1.165, 1.54) is 12.3 Å². The van der Waals surface area contributed by atoms with Crippen molar-refractivity contribution in [2.45, 2.75) is 0 Å². The van der Waals surface area contributed by atoms with Gasteiger partial charge in [0.1, 0.15) is 11.5 Å². The van der Waals surface area contributed by atoms with Crippen LogP contribution in [0.5, 0.6) is 11.5 Å². The summed E-state index contributed by atoms with van der Waals surface area (Å²) in [6.07, 6.45) is 3.06. The quantitative estimate of drug-likeness (QED) is 0.677. The van der Waals surface area contributed by atoms with Gasteiger partial charge >= 0.3 is 5.69 Å². The second kappa shape index (κ2) is 5.30. The van der Waals surface area contributed by atoms with Gasteiger partial charge in [0.2, 0.25) is 5.82 Å². The Labute approximate surface area is 108 Å². The summed E-state index contributed by atoms with van der Waals surface area (Å²) in [7, 11) is 1.73. The maximum absolute atomic E-state index is 13.4. The van der Waals surface area contributed by atoms with Crippen molar-refractivity contribution < 1.29 is 14.1 Å². The molecule has 0 bridgehead atoms. The van der Waals surface area contributed by atoms with Gasteiger partial charge in [-0.3, -0.25) is 15.1 Å². The van der Waals surface area contributed by atoms with Crippen LogP contribution in [0.4, 0.5) is 15.8 Å². The average molecular weight is 263 g/mol. The number of benzene rings is 1. The highest BCUT2D eigenvalue weighted by atomic mass is 19.1. The summed E-state index contributed by atoms with van der Waals surface area (Å²) >= 11 is 0. The predicted molar refractivity (Wildman–Crippen MR) is 66.9 cm³/mol. The Hall–Kier alpha value is -2.70. The standard InChI is InChI=1S/C12H10FN3O3/c1-14-8-4-10(7-15-6-8)19-9-2-3-12(16(17)18)11(13)5-9/h2-7,14H,1H3. The molecule has 2 aromatic rings. The molecule has 98 valence electrons. The molecule has 1 heterocycles. The van der Waals surface area contributed by atoms with Crippen LogP contribution in [0, 0.1) is 15.9 Å². The molecule has 0 aliphatic rings. The van der Waals surface area contributed by atoms with Crippen molar-refractivity contribution >= 4 is 11.4 Å². The van der Waals surface area contributed by atoms with Crippen LogP contribution in [0.2, 0.25) is 0 Å². The fourth-order valence-corrected chi connectivity index (χ4v) is 1.45. The van der Waals surface area contributed by atoms with E-state index in [1.807, 2.05) is 0 Å². The highest BCUT2D eigenvalue weighted by Gasteiger charge is 2.14. The Morgan fingerprint density at radius 2 is 2.11 bits per heavy atom. The molecule has 0 spiro atoms. The number of nitro groups is 1. The van der Waals surface area contributed by atoms with Crippen molar-refractivity contribution in [1.29, 1.82) is 0 Å². The summed E-state index contributed by atoms with van der Waals surface area (Å²) < 4.78 is 18.8. The molecule has 0 amide bonds. The number of nitrogens with one attached hydrogen (secondary N) is 1. The van der Waals surface area contributed by atoms with Gasteiger partial charge in [0, 0.05) is 25.2 Å². The maximum Gasteiger partial charge on any atom is 0.305 e. The zero-order valence-electron chi connectivity index (χ0n) is 9.96. The van der Waals surface area contributed by atoms with Crippen LogP contribution in [-0.4, -0.2) is 17.0 Å². The lowest BCUT2D eigenvalue weighted by molar-refractivity contribution is -0.387. The number of anilines is 1. The summed E-state index contributed by atoms with van der Waals surface area (Å²) in [6.45, 7) is 0. The molecule has 1 N–H and O–H groups in total. The molecule has 0 fully saturated rings. The molecule has 0 radical (unpaired) electrons. The number of nitrogens with zero attached hydrogens (tertiary/aromatic N) is 2. The van der Waals surface area contributed by atoms with Gasteiger partial charge in [-0.25, -0.2) is 0 Å². The zero-order valence-corrected chi connectivity index (χ0v) is 9.96. The van der Waals surface area contributed by atoms with Crippen molar-refractivity contribution in [3.8, 4) is 11.5 Å². The van der Waals surface area contributed by atoms with Crippen molar-refractivity contribution in [2.75, 3.05) is 12.4 Å². The Morgan fingerprint density at radius 3 is 2.74 bits per heavy atom. The van der Waals surface area contributed by atoms with Crippen LogP contribution < -0.4 is 10.1 Å². The van der Waals surface area contributed by atoms with E-state index in [4.69, 9.17) is 4.74 Å². The number of pyridine rings is 1. The Morgan fingerprint density at radius 1 is 1.32 bits per heavy atom. The molecule has 19 heavy (non-hydrogen) atoms. The molecule has 1 aromatic heterocycles. The Kier molecular flexibility index (Phi) is 3.56. The molecule has 6 nitrogen and oxygen atoms in total. The van der Waals surface area contributed by atoms with Gasteiger partial charge in [-0.2, -0.15) is 4.39 Å². The van der Waals surface area contributed by atoms with Crippen molar-refractivity contribution in [3.05, 3.63) is 52.6 Å². The molecule has 1 aromatic carbocycles. The SMILES string of the molecule is CNc1cncc(Oc2ccc([N+](=O)[O-])c(F)c2)c1. The number of nitro benzene ring substituents is 1. The minimum Gasteiger partial charge on any atom is -0.456 e. The largest absolute Gasteiger partial charge is 0.456 e. The second-order valence-corrected chi connectivity index (χ2v) is 3.63.